The molecule has 0 aliphatic heterocycles. The van der Waals surface area contributed by atoms with Gasteiger partial charge in [0.25, 0.3) is 0 Å². The van der Waals surface area contributed by atoms with E-state index in [0.29, 0.717) is 11.4 Å². The number of aliphatic hydroxyl groups is 1. The Balaban J connectivity index is 2.76. The van der Waals surface area contributed by atoms with Crippen LogP contribution in [0.15, 0.2) is 18.3 Å². The molecule has 0 fully saturated rings. The maximum Gasteiger partial charge on any atom is 0.401 e. The summed E-state index contributed by atoms with van der Waals surface area (Å²) in [5, 5.41) is 11.6. The minimum atomic E-state index is -4.28. The molecule has 0 radical (unpaired) electrons. The molecule has 0 amide bonds. The lowest BCUT2D eigenvalue weighted by atomic mass is 10.2. The van der Waals surface area contributed by atoms with Crippen LogP contribution >= 0.6 is 0 Å². The van der Waals surface area contributed by atoms with Gasteiger partial charge in [-0.05, 0) is 6.07 Å². The highest BCUT2D eigenvalue weighted by atomic mass is 19.4. The number of alkyl halides is 3. The largest absolute Gasteiger partial charge is 0.401 e. The van der Waals surface area contributed by atoms with Gasteiger partial charge in [-0.25, -0.2) is 4.98 Å². The lowest BCUT2D eigenvalue weighted by Crippen LogP contribution is -2.35. The highest BCUT2D eigenvalue weighted by Gasteiger charge is 2.30. The fourth-order valence-electron chi connectivity index (χ4n) is 1.64. The number of aromatic nitrogens is 1. The molecule has 0 atom stereocenters. The van der Waals surface area contributed by atoms with E-state index >= 15 is 0 Å². The van der Waals surface area contributed by atoms with Gasteiger partial charge in [0.05, 0.1) is 13.2 Å². The van der Waals surface area contributed by atoms with Crippen molar-refractivity contribution < 1.29 is 18.3 Å². The first-order valence-electron chi connectivity index (χ1n) is 5.48. The lowest BCUT2D eigenvalue weighted by molar-refractivity contribution is -0.147. The quantitative estimate of drug-likeness (QED) is 0.816. The number of halogens is 3. The number of pyridine rings is 1. The molecule has 0 saturated heterocycles. The molecule has 0 bridgehead atoms. The van der Waals surface area contributed by atoms with Gasteiger partial charge >= 0.3 is 6.18 Å². The summed E-state index contributed by atoms with van der Waals surface area (Å²) < 4.78 is 37.1. The SMILES string of the molecule is CNc1ncccc1CN(CCO)CC(F)(F)F. The minimum absolute atomic E-state index is 0.0302. The molecule has 0 aliphatic carbocycles. The molecule has 0 saturated carbocycles. The van der Waals surface area contributed by atoms with E-state index in [1.54, 1.807) is 25.4 Å². The third kappa shape index (κ3) is 4.89. The maximum absolute atomic E-state index is 12.4. The van der Waals surface area contributed by atoms with Crippen molar-refractivity contribution in [1.29, 1.82) is 0 Å². The van der Waals surface area contributed by atoms with Gasteiger partial charge in [-0.15, -0.1) is 0 Å². The van der Waals surface area contributed by atoms with E-state index in [9.17, 15) is 13.2 Å². The second kappa shape index (κ2) is 6.55. The van der Waals surface area contributed by atoms with E-state index in [0.717, 1.165) is 4.90 Å². The van der Waals surface area contributed by atoms with Crippen molar-refractivity contribution in [2.75, 3.05) is 32.1 Å². The number of hydrogen-bond acceptors (Lipinski definition) is 4. The molecule has 1 aromatic rings. The van der Waals surface area contributed by atoms with Crippen molar-refractivity contribution in [2.24, 2.45) is 0 Å². The summed E-state index contributed by atoms with van der Waals surface area (Å²) in [6.07, 6.45) is -2.72. The van der Waals surface area contributed by atoms with Gasteiger partial charge in [0.15, 0.2) is 0 Å². The van der Waals surface area contributed by atoms with E-state index in [1.165, 1.54) is 0 Å². The molecule has 0 aliphatic rings. The molecule has 102 valence electrons. The Bertz CT molecular complexity index is 371. The molecule has 1 rings (SSSR count). The second-order valence-corrected chi connectivity index (χ2v) is 3.81. The number of hydrogen-bond donors (Lipinski definition) is 2. The third-order valence-electron chi connectivity index (χ3n) is 2.34. The topological polar surface area (TPSA) is 48.4 Å². The van der Waals surface area contributed by atoms with Gasteiger partial charge < -0.3 is 10.4 Å². The molecule has 1 aromatic heterocycles. The van der Waals surface area contributed by atoms with Crippen molar-refractivity contribution in [1.82, 2.24) is 9.88 Å². The van der Waals surface area contributed by atoms with Crippen molar-refractivity contribution in [2.45, 2.75) is 12.7 Å². The maximum atomic E-state index is 12.4. The predicted molar refractivity (Wildman–Crippen MR) is 62.2 cm³/mol. The number of anilines is 1. The average molecular weight is 263 g/mol. The molecular formula is C11H16F3N3O. The molecule has 0 unspecified atom stereocenters. The van der Waals surface area contributed by atoms with Crippen LogP contribution < -0.4 is 5.32 Å². The highest BCUT2D eigenvalue weighted by Crippen LogP contribution is 2.19. The summed E-state index contributed by atoms with van der Waals surface area (Å²) in [7, 11) is 1.66. The van der Waals surface area contributed by atoms with Crippen LogP contribution in [0, 0.1) is 0 Å². The number of nitrogens with one attached hydrogen (secondary N) is 1. The van der Waals surface area contributed by atoms with Gasteiger partial charge in [-0.3, -0.25) is 4.90 Å². The van der Waals surface area contributed by atoms with Crippen molar-refractivity contribution in [3.05, 3.63) is 23.9 Å². The van der Waals surface area contributed by atoms with Crippen LogP contribution in [-0.4, -0.2) is 47.9 Å². The van der Waals surface area contributed by atoms with Crippen LogP contribution in [0.1, 0.15) is 5.56 Å². The van der Waals surface area contributed by atoms with Gasteiger partial charge in [-0.2, -0.15) is 13.2 Å². The Morgan fingerprint density at radius 1 is 1.44 bits per heavy atom. The van der Waals surface area contributed by atoms with E-state index in [2.05, 4.69) is 10.3 Å². The van der Waals surface area contributed by atoms with E-state index in [1.807, 2.05) is 0 Å². The summed E-state index contributed by atoms with van der Waals surface area (Å²) in [4.78, 5) is 5.16. The predicted octanol–water partition coefficient (Wildman–Crippen LogP) is 1.48. The summed E-state index contributed by atoms with van der Waals surface area (Å²) in [5.74, 6) is 0.544. The molecule has 0 spiro atoms. The molecule has 7 heteroatoms. The summed E-state index contributed by atoms with van der Waals surface area (Å²) >= 11 is 0. The number of nitrogens with zero attached hydrogens (tertiary/aromatic N) is 2. The first kappa shape index (κ1) is 14.7. The molecule has 18 heavy (non-hydrogen) atoms. The number of aliphatic hydroxyl groups excluding tert-OH is 1. The summed E-state index contributed by atoms with van der Waals surface area (Å²) in [5.41, 5.74) is 0.665. The number of rotatable bonds is 6. The molecular weight excluding hydrogens is 247 g/mol. The first-order valence-corrected chi connectivity index (χ1v) is 5.48. The van der Waals surface area contributed by atoms with Crippen LogP contribution in [0.2, 0.25) is 0 Å². The normalized spacial score (nSPS) is 11.9. The fraction of sp³-hybridized carbons (Fsp3) is 0.545. The zero-order valence-electron chi connectivity index (χ0n) is 10.0. The van der Waals surface area contributed by atoms with E-state index in [-0.39, 0.29) is 19.7 Å². The van der Waals surface area contributed by atoms with E-state index in [4.69, 9.17) is 5.11 Å². The van der Waals surface area contributed by atoms with Gasteiger partial charge in [0.1, 0.15) is 5.82 Å². The Kier molecular flexibility index (Phi) is 5.36. The summed E-state index contributed by atoms with van der Waals surface area (Å²) in [6.45, 7) is -1.31. The third-order valence-corrected chi connectivity index (χ3v) is 2.34. The fourth-order valence-corrected chi connectivity index (χ4v) is 1.64. The Morgan fingerprint density at radius 3 is 2.72 bits per heavy atom. The van der Waals surface area contributed by atoms with Crippen molar-refractivity contribution in [3.8, 4) is 0 Å². The highest BCUT2D eigenvalue weighted by molar-refractivity contribution is 5.42. The molecule has 2 N–H and O–H groups in total. The van der Waals surface area contributed by atoms with E-state index < -0.39 is 12.7 Å². The van der Waals surface area contributed by atoms with Gasteiger partial charge in [-0.1, -0.05) is 6.07 Å². The molecule has 1 heterocycles. The second-order valence-electron chi connectivity index (χ2n) is 3.81. The van der Waals surface area contributed by atoms with Crippen LogP contribution in [0.3, 0.4) is 0 Å². The van der Waals surface area contributed by atoms with Crippen LogP contribution in [0.25, 0.3) is 0 Å². The van der Waals surface area contributed by atoms with Crippen LogP contribution in [0.4, 0.5) is 19.0 Å². The van der Waals surface area contributed by atoms with Crippen molar-refractivity contribution >= 4 is 5.82 Å². The van der Waals surface area contributed by atoms with Gasteiger partial charge in [0.2, 0.25) is 0 Å². The standard InChI is InChI=1S/C11H16F3N3O/c1-15-10-9(3-2-4-16-10)7-17(5-6-18)8-11(12,13)14/h2-4,18H,5-8H2,1H3,(H,15,16). The average Bonchev–Trinajstić information content (AvgIpc) is 2.28. The lowest BCUT2D eigenvalue weighted by Gasteiger charge is -2.23. The van der Waals surface area contributed by atoms with Crippen LogP contribution in [0.5, 0.6) is 0 Å². The molecule has 0 aromatic carbocycles. The Labute approximate surface area is 103 Å². The van der Waals surface area contributed by atoms with Crippen LogP contribution in [-0.2, 0) is 6.54 Å². The minimum Gasteiger partial charge on any atom is -0.395 e. The van der Waals surface area contributed by atoms with Gasteiger partial charge in [0, 0.05) is 31.9 Å². The first-order chi connectivity index (χ1) is 8.46. The Morgan fingerprint density at radius 2 is 2.17 bits per heavy atom. The monoisotopic (exact) mass is 263 g/mol. The molecule has 4 nitrogen and oxygen atoms in total. The smallest absolute Gasteiger partial charge is 0.395 e. The van der Waals surface area contributed by atoms with Crippen molar-refractivity contribution in [3.63, 3.8) is 0 Å². The summed E-state index contributed by atoms with van der Waals surface area (Å²) in [6, 6.07) is 3.38. The Hall–Kier alpha value is -1.34. The zero-order chi connectivity index (χ0) is 13.6. The zero-order valence-corrected chi connectivity index (χ0v) is 10.0.